The van der Waals surface area contributed by atoms with Crippen LogP contribution >= 0.6 is 0 Å². The Morgan fingerprint density at radius 2 is 0.580 bits per heavy atom. The van der Waals surface area contributed by atoms with Crippen molar-refractivity contribution < 1.29 is 79.4 Å². The summed E-state index contributed by atoms with van der Waals surface area (Å²) in [6.07, 6.45) is 4.12. The van der Waals surface area contributed by atoms with Crippen LogP contribution in [-0.4, -0.2) is 29.7 Å². The van der Waals surface area contributed by atoms with Gasteiger partial charge in [-0.1, -0.05) is 9.15 Å². The van der Waals surface area contributed by atoms with E-state index < -0.39 is 211 Å². The quantitative estimate of drug-likeness (QED) is 0.0951. The SMILES string of the molecule is Cc1c(F)c(F)c(C2=C3C=CC4=[N+]3C35n6c2ccc6C(c2c(F)c(F)c(C)c(F)c2F)=C2C=CC(=[N+]23)C(c2c(F)c(F)c(C)c(F)c2F)=c2ccc(n25)=C4c2c(F)c(F)c(C)c(F)c2F)c(F)c1F. The van der Waals surface area contributed by atoms with Gasteiger partial charge in [-0.05, 0) is 52.0 Å². The summed E-state index contributed by atoms with van der Waals surface area (Å²) >= 11 is 0. The number of benzene rings is 4. The highest BCUT2D eigenvalue weighted by molar-refractivity contribution is 6.30. The molecule has 346 valence electrons. The molecule has 6 aromatic rings. The lowest BCUT2D eigenvalue weighted by molar-refractivity contribution is -0.834. The first-order valence-corrected chi connectivity index (χ1v) is 20.3. The number of halogens is 16. The third-order valence-corrected chi connectivity index (χ3v) is 13.7. The minimum atomic E-state index is -2.59. The fourth-order valence-electron chi connectivity index (χ4n) is 10.6. The van der Waals surface area contributed by atoms with Crippen LogP contribution in [-0.2, 0) is 5.91 Å². The van der Waals surface area contributed by atoms with Gasteiger partial charge in [0, 0.05) is 46.6 Å². The fourth-order valence-corrected chi connectivity index (χ4v) is 10.6. The van der Waals surface area contributed by atoms with E-state index in [0.717, 1.165) is 66.9 Å². The van der Waals surface area contributed by atoms with Gasteiger partial charge in [-0.25, -0.2) is 70.2 Å². The molecule has 0 unspecified atom stereocenters. The van der Waals surface area contributed by atoms with Crippen molar-refractivity contribution in [1.29, 1.82) is 0 Å². The molecule has 1 spiro atoms. The molecule has 0 atom stereocenters. The number of hydrogen-bond donors (Lipinski definition) is 0. The van der Waals surface area contributed by atoms with E-state index >= 15 is 70.2 Å². The number of nitrogens with zero attached hydrogens (tertiary/aromatic N) is 4. The first-order valence-electron chi connectivity index (χ1n) is 20.3. The van der Waals surface area contributed by atoms with Crippen LogP contribution in [0.5, 0.6) is 0 Å². The van der Waals surface area contributed by atoms with Gasteiger partial charge in [-0.15, -0.1) is 0 Å². The lowest BCUT2D eigenvalue weighted by Gasteiger charge is -2.41. The molecule has 6 aliphatic heterocycles. The predicted octanol–water partition coefficient (Wildman–Crippen LogP) is 9.88. The summed E-state index contributed by atoms with van der Waals surface area (Å²) in [5.41, 5.74) is -16.6. The number of hydrogen-bond acceptors (Lipinski definition) is 0. The summed E-state index contributed by atoms with van der Waals surface area (Å²) in [5, 5.41) is -1.04. The smallest absolute Gasteiger partial charge is 0.203 e. The first-order chi connectivity index (χ1) is 32.6. The van der Waals surface area contributed by atoms with Crippen molar-refractivity contribution in [3.05, 3.63) is 220 Å². The predicted molar refractivity (Wildman–Crippen MR) is 211 cm³/mol. The van der Waals surface area contributed by atoms with Crippen LogP contribution < -0.4 is 10.7 Å². The average Bonchev–Trinajstić information content (AvgIpc) is 4.17. The zero-order chi connectivity index (χ0) is 49.3. The second-order valence-electron chi connectivity index (χ2n) is 16.9. The number of aromatic nitrogens is 2. The van der Waals surface area contributed by atoms with Gasteiger partial charge in [0.15, 0.2) is 93.1 Å². The van der Waals surface area contributed by atoms with Gasteiger partial charge in [-0.3, -0.25) is 0 Å². The Bertz CT molecular complexity index is 3640. The lowest BCUT2D eigenvalue weighted by Crippen LogP contribution is -2.71. The van der Waals surface area contributed by atoms with Crippen molar-refractivity contribution in [2.75, 3.05) is 0 Å². The summed E-state index contributed by atoms with van der Waals surface area (Å²) in [4.78, 5) is 0. The summed E-state index contributed by atoms with van der Waals surface area (Å²) < 4.78 is 262. The monoisotopic (exact) mass is 968 g/mol. The Balaban J connectivity index is 1.39. The molecule has 20 heteroatoms. The minimum absolute atomic E-state index is 0.522. The van der Waals surface area contributed by atoms with Crippen LogP contribution in [0.1, 0.15) is 55.9 Å². The van der Waals surface area contributed by atoms with E-state index in [2.05, 4.69) is 0 Å². The summed E-state index contributed by atoms with van der Waals surface area (Å²) in [7, 11) is 0. The zero-order valence-corrected chi connectivity index (χ0v) is 35.0. The molecule has 0 aliphatic carbocycles. The molecule has 8 heterocycles. The van der Waals surface area contributed by atoms with Crippen LogP contribution in [0, 0.1) is 121 Å². The van der Waals surface area contributed by atoms with Gasteiger partial charge in [0.05, 0.1) is 66.6 Å². The van der Waals surface area contributed by atoms with Gasteiger partial charge in [0.2, 0.25) is 22.8 Å². The zero-order valence-electron chi connectivity index (χ0n) is 35.0. The lowest BCUT2D eigenvalue weighted by atomic mass is 9.91. The molecule has 0 radical (unpaired) electrons. The van der Waals surface area contributed by atoms with Crippen molar-refractivity contribution in [1.82, 2.24) is 9.13 Å². The molecule has 4 nitrogen and oxygen atoms in total. The average molecular weight is 969 g/mol. The Labute approximate surface area is 374 Å². The highest BCUT2D eigenvalue weighted by Crippen LogP contribution is 2.55. The topological polar surface area (TPSA) is 15.9 Å². The van der Waals surface area contributed by atoms with E-state index in [1.165, 1.54) is 0 Å². The molecule has 12 rings (SSSR count). The molecule has 0 amide bonds. The van der Waals surface area contributed by atoms with Gasteiger partial charge in [0.25, 0.3) is 0 Å². The Morgan fingerprint density at radius 1 is 0.319 bits per heavy atom. The van der Waals surface area contributed by atoms with E-state index in [9.17, 15) is 0 Å². The fraction of sp³-hybridized carbons (Fsp3) is 0.102. The Morgan fingerprint density at radius 3 is 0.855 bits per heavy atom. The molecular formula is C49H20F16N4+2. The molecule has 6 aliphatic rings. The van der Waals surface area contributed by atoms with E-state index in [0.29, 0.717) is 27.7 Å². The molecule has 2 aromatic heterocycles. The maximum Gasteiger partial charge on any atom is 0.553 e. The highest BCUT2D eigenvalue weighted by Gasteiger charge is 2.73. The summed E-state index contributed by atoms with van der Waals surface area (Å²) in [6, 6.07) is 4.12. The van der Waals surface area contributed by atoms with Crippen LogP contribution in [0.4, 0.5) is 70.2 Å². The molecule has 69 heavy (non-hydrogen) atoms. The number of allylic oxidation sites excluding steroid dienone is 4. The molecule has 0 N–H and O–H groups in total. The van der Waals surface area contributed by atoms with Gasteiger partial charge >= 0.3 is 5.91 Å². The van der Waals surface area contributed by atoms with E-state index in [1.54, 1.807) is 0 Å². The van der Waals surface area contributed by atoms with Gasteiger partial charge in [-0.2, -0.15) is 9.13 Å². The second kappa shape index (κ2) is 13.3. The number of rotatable bonds is 4. The maximum atomic E-state index is 16.5. The van der Waals surface area contributed by atoms with Crippen LogP contribution in [0.3, 0.4) is 0 Å². The van der Waals surface area contributed by atoms with Gasteiger partial charge in [0.1, 0.15) is 0 Å². The third-order valence-electron chi connectivity index (χ3n) is 13.7. The van der Waals surface area contributed by atoms with Crippen molar-refractivity contribution in [2.24, 2.45) is 0 Å². The van der Waals surface area contributed by atoms with Gasteiger partial charge < -0.3 is 0 Å². The third kappa shape index (κ3) is 4.56. The summed E-state index contributed by atoms with van der Waals surface area (Å²) in [6.45, 7) is 2.86. The van der Waals surface area contributed by atoms with Crippen LogP contribution in [0.25, 0.3) is 22.3 Å². The first kappa shape index (κ1) is 42.7. The maximum absolute atomic E-state index is 16.5. The van der Waals surface area contributed by atoms with Crippen LogP contribution in [0.2, 0.25) is 0 Å². The van der Waals surface area contributed by atoms with E-state index in [1.807, 2.05) is 0 Å². The molecule has 0 saturated heterocycles. The van der Waals surface area contributed by atoms with Crippen molar-refractivity contribution in [2.45, 2.75) is 33.6 Å². The molecule has 4 aromatic carbocycles. The van der Waals surface area contributed by atoms with Crippen molar-refractivity contribution in [3.63, 3.8) is 0 Å². The van der Waals surface area contributed by atoms with Crippen LogP contribution in [0.15, 0.2) is 60.0 Å². The minimum Gasteiger partial charge on any atom is -0.203 e. The Kier molecular flexibility index (Phi) is 8.24. The molecule has 0 bridgehead atoms. The molecule has 0 saturated carbocycles. The van der Waals surface area contributed by atoms with Crippen molar-refractivity contribution in [3.8, 4) is 0 Å². The highest BCUT2D eigenvalue weighted by atomic mass is 19.2. The second-order valence-corrected chi connectivity index (χ2v) is 16.9. The standard InChI is InChI=1S/C49H20F16N4/c1-13-33(50)41(58)29(42(59)34(13)51)25-17-5-7-19-26(30-43(60)35(52)14(2)36(53)44(30)61)21-9-11-23-28(32-47(64)39(56)16(4)40(57)48(32)65)24-12-10-22-27(31-45(62)37(54)15(3)38(55)46(31)63)20-8-6-18(25)67(20)49(66(17)19,68(21)23)69(22)24/h5-12H,1-4H3/q+2. The van der Waals surface area contributed by atoms with E-state index in [-0.39, 0.29) is 0 Å². The molecular weight excluding hydrogens is 949 g/mol. The summed E-state index contributed by atoms with van der Waals surface area (Å²) in [5.74, 6) is -33.9. The largest absolute Gasteiger partial charge is 0.553 e. The molecule has 0 fully saturated rings. The Hall–Kier alpha value is -7.64. The van der Waals surface area contributed by atoms with Crippen molar-refractivity contribution >= 4 is 33.7 Å². The van der Waals surface area contributed by atoms with E-state index in [4.69, 9.17) is 0 Å². The normalized spacial score (nSPS) is 16.7.